The smallest absolute Gasteiger partial charge is 0.317 e. The van der Waals surface area contributed by atoms with E-state index in [-0.39, 0.29) is 12.6 Å². The van der Waals surface area contributed by atoms with Crippen LogP contribution in [0.5, 0.6) is 0 Å². The van der Waals surface area contributed by atoms with E-state index in [4.69, 9.17) is 11.6 Å². The molecule has 2 aromatic rings. The van der Waals surface area contributed by atoms with Gasteiger partial charge in [0.2, 0.25) is 0 Å². The van der Waals surface area contributed by atoms with Crippen molar-refractivity contribution in [3.05, 3.63) is 56.5 Å². The third-order valence-corrected chi connectivity index (χ3v) is 4.55. The molecule has 0 aliphatic rings. The van der Waals surface area contributed by atoms with Gasteiger partial charge in [0, 0.05) is 22.5 Å². The molecule has 0 aliphatic heterocycles. The minimum Gasteiger partial charge on any atom is -0.333 e. The molecule has 0 aliphatic carbocycles. The highest BCUT2D eigenvalue weighted by Crippen LogP contribution is 2.20. The van der Waals surface area contributed by atoms with Crippen LogP contribution < -0.4 is 5.32 Å². The van der Waals surface area contributed by atoms with Crippen molar-refractivity contribution in [2.24, 2.45) is 0 Å². The van der Waals surface area contributed by atoms with Crippen LogP contribution in [0.25, 0.3) is 0 Å². The van der Waals surface area contributed by atoms with E-state index in [1.54, 1.807) is 30.5 Å². The molecule has 112 valence electrons. The summed E-state index contributed by atoms with van der Waals surface area (Å²) in [5, 5.41) is 5.13. The maximum Gasteiger partial charge on any atom is 0.317 e. The number of amides is 2. The molecule has 2 amide bonds. The van der Waals surface area contributed by atoms with Crippen LogP contribution in [0, 0.1) is 12.7 Å². The number of nitrogens with one attached hydrogen (secondary N) is 1. The van der Waals surface area contributed by atoms with Crippen molar-refractivity contribution in [2.45, 2.75) is 20.0 Å². The van der Waals surface area contributed by atoms with Gasteiger partial charge in [-0.3, -0.25) is 0 Å². The number of nitrogens with zero attached hydrogens (tertiary/aromatic N) is 1. The lowest BCUT2D eigenvalue weighted by molar-refractivity contribution is 0.206. The first-order valence-electron chi connectivity index (χ1n) is 6.44. The monoisotopic (exact) mass is 326 g/mol. The molecule has 0 saturated carbocycles. The minimum atomic E-state index is -0.406. The van der Waals surface area contributed by atoms with Gasteiger partial charge in [0.15, 0.2) is 0 Å². The summed E-state index contributed by atoms with van der Waals surface area (Å²) >= 11 is 7.56. The number of benzene rings is 1. The molecule has 0 fully saturated rings. The summed E-state index contributed by atoms with van der Waals surface area (Å²) in [6.07, 6.45) is 0. The van der Waals surface area contributed by atoms with Crippen molar-refractivity contribution in [2.75, 3.05) is 7.05 Å². The van der Waals surface area contributed by atoms with Crippen molar-refractivity contribution in [1.29, 1.82) is 0 Å². The van der Waals surface area contributed by atoms with E-state index in [0.29, 0.717) is 17.1 Å². The van der Waals surface area contributed by atoms with Crippen LogP contribution in [-0.4, -0.2) is 18.0 Å². The highest BCUT2D eigenvalue weighted by Gasteiger charge is 2.14. The van der Waals surface area contributed by atoms with Gasteiger partial charge in [0.1, 0.15) is 5.82 Å². The summed E-state index contributed by atoms with van der Waals surface area (Å²) in [6.45, 7) is 2.60. The van der Waals surface area contributed by atoms with E-state index in [1.165, 1.54) is 11.0 Å². The molecule has 1 heterocycles. The Bertz CT molecular complexity index is 624. The quantitative estimate of drug-likeness (QED) is 0.897. The molecule has 0 bridgehead atoms. The molecule has 1 aromatic heterocycles. The van der Waals surface area contributed by atoms with E-state index in [9.17, 15) is 9.18 Å². The second-order valence-corrected chi connectivity index (χ2v) is 6.15. The molecule has 3 nitrogen and oxygen atoms in total. The molecule has 1 aromatic carbocycles. The third kappa shape index (κ3) is 3.95. The highest BCUT2D eigenvalue weighted by atomic mass is 35.5. The zero-order chi connectivity index (χ0) is 15.4. The Morgan fingerprint density at radius 1 is 1.43 bits per heavy atom. The summed E-state index contributed by atoms with van der Waals surface area (Å²) in [5.74, 6) is -0.406. The molecular weight excluding hydrogens is 311 g/mol. The van der Waals surface area contributed by atoms with Gasteiger partial charge in [0.05, 0.1) is 13.1 Å². The van der Waals surface area contributed by atoms with E-state index < -0.39 is 5.82 Å². The maximum absolute atomic E-state index is 13.7. The number of hydrogen-bond donors (Lipinski definition) is 1. The Kier molecular flexibility index (Phi) is 5.20. The fourth-order valence-corrected chi connectivity index (χ4v) is 2.94. The standard InChI is InChI=1S/C15H16ClFN2OS/c1-10-6-7-21-14(10)8-18-15(20)19(2)9-11-12(16)4-3-5-13(11)17/h3-7H,8-9H2,1-2H3,(H,18,20). The lowest BCUT2D eigenvalue weighted by Gasteiger charge is -2.19. The van der Waals surface area contributed by atoms with Gasteiger partial charge in [-0.1, -0.05) is 17.7 Å². The second kappa shape index (κ2) is 6.91. The van der Waals surface area contributed by atoms with Crippen LogP contribution in [0.4, 0.5) is 9.18 Å². The first-order chi connectivity index (χ1) is 9.99. The lowest BCUT2D eigenvalue weighted by atomic mass is 10.2. The van der Waals surface area contributed by atoms with Crippen molar-refractivity contribution in [3.8, 4) is 0 Å². The Balaban J connectivity index is 1.95. The molecule has 0 saturated heterocycles. The number of rotatable bonds is 4. The number of carbonyl (C=O) groups excluding carboxylic acids is 1. The molecular formula is C15H16ClFN2OS. The predicted molar refractivity (Wildman–Crippen MR) is 84.2 cm³/mol. The second-order valence-electron chi connectivity index (χ2n) is 4.74. The SMILES string of the molecule is Cc1ccsc1CNC(=O)N(C)Cc1c(F)cccc1Cl. The summed E-state index contributed by atoms with van der Waals surface area (Å²) in [5.41, 5.74) is 1.48. The van der Waals surface area contributed by atoms with E-state index in [2.05, 4.69) is 5.32 Å². The van der Waals surface area contributed by atoms with Gasteiger partial charge in [-0.2, -0.15) is 0 Å². The molecule has 0 radical (unpaired) electrons. The number of halogens is 2. The van der Waals surface area contributed by atoms with Crippen LogP contribution in [0.2, 0.25) is 5.02 Å². The number of urea groups is 1. The molecule has 0 atom stereocenters. The topological polar surface area (TPSA) is 32.3 Å². The maximum atomic E-state index is 13.7. The summed E-state index contributed by atoms with van der Waals surface area (Å²) in [6, 6.07) is 6.24. The van der Waals surface area contributed by atoms with Crippen LogP contribution in [0.1, 0.15) is 16.0 Å². The number of thiophene rings is 1. The molecule has 1 N–H and O–H groups in total. The van der Waals surface area contributed by atoms with E-state index in [0.717, 1.165) is 10.4 Å². The van der Waals surface area contributed by atoms with Crippen molar-refractivity contribution < 1.29 is 9.18 Å². The Labute approximate surface area is 132 Å². The molecule has 2 rings (SSSR count). The molecule has 6 heteroatoms. The van der Waals surface area contributed by atoms with Gasteiger partial charge < -0.3 is 10.2 Å². The zero-order valence-corrected chi connectivity index (χ0v) is 13.4. The van der Waals surface area contributed by atoms with Crippen LogP contribution in [-0.2, 0) is 13.1 Å². The number of aryl methyl sites for hydroxylation is 1. The van der Waals surface area contributed by atoms with Crippen LogP contribution in [0.15, 0.2) is 29.6 Å². The van der Waals surface area contributed by atoms with Gasteiger partial charge >= 0.3 is 6.03 Å². The number of carbonyl (C=O) groups is 1. The summed E-state index contributed by atoms with van der Waals surface area (Å²) in [4.78, 5) is 14.6. The first-order valence-corrected chi connectivity index (χ1v) is 7.69. The van der Waals surface area contributed by atoms with Crippen LogP contribution >= 0.6 is 22.9 Å². The van der Waals surface area contributed by atoms with Crippen molar-refractivity contribution >= 4 is 29.0 Å². The first kappa shape index (κ1) is 15.8. The number of hydrogen-bond acceptors (Lipinski definition) is 2. The van der Waals surface area contributed by atoms with Crippen molar-refractivity contribution in [3.63, 3.8) is 0 Å². The Hall–Kier alpha value is -1.59. The zero-order valence-electron chi connectivity index (χ0n) is 11.8. The fourth-order valence-electron chi connectivity index (χ4n) is 1.87. The van der Waals surface area contributed by atoms with Crippen LogP contribution in [0.3, 0.4) is 0 Å². The normalized spacial score (nSPS) is 10.5. The molecule has 21 heavy (non-hydrogen) atoms. The lowest BCUT2D eigenvalue weighted by Crippen LogP contribution is -2.36. The largest absolute Gasteiger partial charge is 0.333 e. The Morgan fingerprint density at radius 3 is 2.81 bits per heavy atom. The predicted octanol–water partition coefficient (Wildman–Crippen LogP) is 4.19. The molecule has 0 spiro atoms. The van der Waals surface area contributed by atoms with Gasteiger partial charge in [-0.15, -0.1) is 11.3 Å². The summed E-state index contributed by atoms with van der Waals surface area (Å²) in [7, 11) is 1.61. The van der Waals surface area contributed by atoms with Crippen molar-refractivity contribution in [1.82, 2.24) is 10.2 Å². The van der Waals surface area contributed by atoms with Gasteiger partial charge in [-0.05, 0) is 36.1 Å². The summed E-state index contributed by atoms with van der Waals surface area (Å²) < 4.78 is 13.7. The average molecular weight is 327 g/mol. The van der Waals surface area contributed by atoms with Gasteiger partial charge in [0.25, 0.3) is 0 Å². The Morgan fingerprint density at radius 2 is 2.19 bits per heavy atom. The van der Waals surface area contributed by atoms with E-state index in [1.807, 2.05) is 18.4 Å². The fraction of sp³-hybridized carbons (Fsp3) is 0.267. The minimum absolute atomic E-state index is 0.126. The van der Waals surface area contributed by atoms with E-state index >= 15 is 0 Å². The third-order valence-electron chi connectivity index (χ3n) is 3.17. The highest BCUT2D eigenvalue weighted by molar-refractivity contribution is 7.10. The molecule has 0 unspecified atom stereocenters. The van der Waals surface area contributed by atoms with Gasteiger partial charge in [-0.25, -0.2) is 9.18 Å². The average Bonchev–Trinajstić information content (AvgIpc) is 2.85.